The molecule has 0 saturated heterocycles. The number of hydrogen-bond acceptors (Lipinski definition) is 3. The van der Waals surface area contributed by atoms with Gasteiger partial charge < -0.3 is 0 Å². The lowest BCUT2D eigenvalue weighted by Crippen LogP contribution is -2.18. The third-order valence-electron chi connectivity index (χ3n) is 5.27. The van der Waals surface area contributed by atoms with Gasteiger partial charge in [0.25, 0.3) is 0 Å². The minimum Gasteiger partial charge on any atom is -0.257 e. The zero-order valence-corrected chi connectivity index (χ0v) is 16.5. The molecule has 0 bridgehead atoms. The first-order valence-corrected chi connectivity index (χ1v) is 10.1. The van der Waals surface area contributed by atoms with Gasteiger partial charge in [0.15, 0.2) is 6.17 Å². The number of pyridine rings is 1. The number of aliphatic imine (C=N–C) groups is 2. The maximum Gasteiger partial charge on any atom is 0.165 e. The standard InChI is InChI=1S/C27H21N3/c1-3-9-20(10-4-1)25-19-26(30-27(29-25)23-11-5-2-6-12-23)22-16-14-21(15-17-22)24-13-7-8-18-28-24/h1-18,27H,19H2. The van der Waals surface area contributed by atoms with Gasteiger partial charge in [0.2, 0.25) is 0 Å². The molecular formula is C27H21N3. The van der Waals surface area contributed by atoms with Crippen LogP contribution in [0, 0.1) is 0 Å². The topological polar surface area (TPSA) is 37.6 Å². The first kappa shape index (κ1) is 18.2. The SMILES string of the molecule is c1ccc(C2=NC(c3ccccc3)N=C(c3ccc(-c4ccccn4)cc3)C2)cc1. The number of hydrogen-bond donors (Lipinski definition) is 0. The second-order valence-electron chi connectivity index (χ2n) is 7.27. The Morgan fingerprint density at radius 3 is 1.73 bits per heavy atom. The summed E-state index contributed by atoms with van der Waals surface area (Å²) in [6.07, 6.45) is 2.32. The van der Waals surface area contributed by atoms with Crippen LogP contribution in [-0.4, -0.2) is 16.4 Å². The zero-order chi connectivity index (χ0) is 20.2. The molecule has 144 valence electrons. The Morgan fingerprint density at radius 1 is 0.533 bits per heavy atom. The van der Waals surface area contributed by atoms with Gasteiger partial charge in [-0.15, -0.1) is 0 Å². The van der Waals surface area contributed by atoms with Crippen LogP contribution in [0.4, 0.5) is 0 Å². The van der Waals surface area contributed by atoms with Crippen LogP contribution in [0.5, 0.6) is 0 Å². The molecule has 0 spiro atoms. The summed E-state index contributed by atoms with van der Waals surface area (Å²) in [4.78, 5) is 14.4. The highest BCUT2D eigenvalue weighted by Crippen LogP contribution is 2.28. The summed E-state index contributed by atoms with van der Waals surface area (Å²) < 4.78 is 0. The van der Waals surface area contributed by atoms with E-state index in [9.17, 15) is 0 Å². The minimum absolute atomic E-state index is 0.222. The molecule has 0 fully saturated rings. The molecule has 0 radical (unpaired) electrons. The number of benzene rings is 3. The van der Waals surface area contributed by atoms with E-state index in [1.807, 2.05) is 48.7 Å². The van der Waals surface area contributed by atoms with Gasteiger partial charge in [0.05, 0.1) is 17.1 Å². The Hall–Kier alpha value is -3.85. The van der Waals surface area contributed by atoms with Gasteiger partial charge in [-0.05, 0) is 28.8 Å². The molecule has 5 rings (SSSR count). The highest BCUT2D eigenvalue weighted by Gasteiger charge is 2.20. The van der Waals surface area contributed by atoms with Crippen molar-refractivity contribution in [2.45, 2.75) is 12.6 Å². The molecule has 3 heteroatoms. The van der Waals surface area contributed by atoms with E-state index in [1.54, 1.807) is 0 Å². The maximum absolute atomic E-state index is 5.01. The second kappa shape index (κ2) is 8.26. The van der Waals surface area contributed by atoms with Gasteiger partial charge in [0, 0.05) is 18.2 Å². The Kier molecular flexibility index (Phi) is 5.01. The van der Waals surface area contributed by atoms with Gasteiger partial charge >= 0.3 is 0 Å². The third kappa shape index (κ3) is 3.83. The van der Waals surface area contributed by atoms with E-state index in [1.165, 1.54) is 0 Å². The fraction of sp³-hybridized carbons (Fsp3) is 0.0741. The summed E-state index contributed by atoms with van der Waals surface area (Å²) in [5, 5.41) is 0. The highest BCUT2D eigenvalue weighted by molar-refractivity contribution is 6.18. The second-order valence-corrected chi connectivity index (χ2v) is 7.27. The zero-order valence-electron chi connectivity index (χ0n) is 16.5. The molecule has 0 saturated carbocycles. The molecule has 0 aliphatic carbocycles. The molecule has 3 aromatic carbocycles. The molecule has 4 aromatic rings. The van der Waals surface area contributed by atoms with Crippen LogP contribution >= 0.6 is 0 Å². The van der Waals surface area contributed by atoms with E-state index in [2.05, 4.69) is 65.6 Å². The highest BCUT2D eigenvalue weighted by atomic mass is 15.0. The molecule has 0 amide bonds. The van der Waals surface area contributed by atoms with Crippen molar-refractivity contribution in [3.8, 4) is 11.3 Å². The average molecular weight is 387 g/mol. The molecule has 1 aliphatic heterocycles. The Balaban J connectivity index is 1.51. The Labute approximate surface area is 176 Å². The normalized spacial score (nSPS) is 15.9. The molecule has 0 N–H and O–H groups in total. The molecule has 1 unspecified atom stereocenters. The van der Waals surface area contributed by atoms with Crippen LogP contribution in [-0.2, 0) is 0 Å². The Bertz CT molecular complexity index is 1180. The number of rotatable bonds is 4. The first-order chi connectivity index (χ1) is 14.9. The minimum atomic E-state index is -0.222. The van der Waals surface area contributed by atoms with Crippen LogP contribution in [0.3, 0.4) is 0 Å². The van der Waals surface area contributed by atoms with Gasteiger partial charge in [-0.3, -0.25) is 15.0 Å². The molecule has 30 heavy (non-hydrogen) atoms. The van der Waals surface area contributed by atoms with E-state index < -0.39 is 0 Å². The van der Waals surface area contributed by atoms with Crippen LogP contribution in [0.25, 0.3) is 11.3 Å². The van der Waals surface area contributed by atoms with E-state index in [4.69, 9.17) is 9.98 Å². The van der Waals surface area contributed by atoms with Gasteiger partial charge in [0.1, 0.15) is 0 Å². The quantitative estimate of drug-likeness (QED) is 0.415. The summed E-state index contributed by atoms with van der Waals surface area (Å²) in [6, 6.07) is 35.2. The molecule has 2 heterocycles. The van der Waals surface area contributed by atoms with Crippen molar-refractivity contribution >= 4 is 11.4 Å². The lowest BCUT2D eigenvalue weighted by atomic mass is 9.96. The summed E-state index contributed by atoms with van der Waals surface area (Å²) in [7, 11) is 0. The van der Waals surface area contributed by atoms with E-state index in [-0.39, 0.29) is 6.17 Å². The monoisotopic (exact) mass is 387 g/mol. The van der Waals surface area contributed by atoms with E-state index >= 15 is 0 Å². The van der Waals surface area contributed by atoms with Crippen molar-refractivity contribution in [3.05, 3.63) is 126 Å². The van der Waals surface area contributed by atoms with Crippen LogP contribution < -0.4 is 0 Å². The molecule has 1 aliphatic rings. The summed E-state index contributed by atoms with van der Waals surface area (Å²) in [6.45, 7) is 0. The molecule has 1 atom stereocenters. The van der Waals surface area contributed by atoms with Crippen molar-refractivity contribution in [2.75, 3.05) is 0 Å². The van der Waals surface area contributed by atoms with E-state index in [0.717, 1.165) is 45.8 Å². The van der Waals surface area contributed by atoms with Gasteiger partial charge in [-0.2, -0.15) is 0 Å². The lowest BCUT2D eigenvalue weighted by Gasteiger charge is -2.21. The predicted molar refractivity (Wildman–Crippen MR) is 123 cm³/mol. The van der Waals surface area contributed by atoms with Crippen molar-refractivity contribution in [3.63, 3.8) is 0 Å². The van der Waals surface area contributed by atoms with Crippen LogP contribution in [0.2, 0.25) is 0 Å². The maximum atomic E-state index is 5.01. The fourth-order valence-electron chi connectivity index (χ4n) is 3.70. The van der Waals surface area contributed by atoms with Crippen molar-refractivity contribution in [1.29, 1.82) is 0 Å². The fourth-order valence-corrected chi connectivity index (χ4v) is 3.70. The molecule has 3 nitrogen and oxygen atoms in total. The van der Waals surface area contributed by atoms with Crippen LogP contribution in [0.1, 0.15) is 29.3 Å². The summed E-state index contributed by atoms with van der Waals surface area (Å²) in [5.74, 6) is 0. The van der Waals surface area contributed by atoms with Crippen LogP contribution in [0.15, 0.2) is 119 Å². The smallest absolute Gasteiger partial charge is 0.165 e. The molecule has 1 aromatic heterocycles. The van der Waals surface area contributed by atoms with Crippen molar-refractivity contribution in [1.82, 2.24) is 4.98 Å². The summed E-state index contributed by atoms with van der Waals surface area (Å²) in [5.41, 5.74) is 7.59. The largest absolute Gasteiger partial charge is 0.257 e. The predicted octanol–water partition coefficient (Wildman–Crippen LogP) is 6.13. The average Bonchev–Trinajstić information content (AvgIpc) is 2.85. The lowest BCUT2D eigenvalue weighted by molar-refractivity contribution is 0.764. The van der Waals surface area contributed by atoms with E-state index in [0.29, 0.717) is 0 Å². The van der Waals surface area contributed by atoms with Gasteiger partial charge in [-0.1, -0.05) is 91.0 Å². The first-order valence-electron chi connectivity index (χ1n) is 10.1. The number of nitrogens with zero attached hydrogens (tertiary/aromatic N) is 3. The van der Waals surface area contributed by atoms with Crippen molar-refractivity contribution in [2.24, 2.45) is 9.98 Å². The van der Waals surface area contributed by atoms with Crippen molar-refractivity contribution < 1.29 is 0 Å². The Morgan fingerprint density at radius 2 is 1.10 bits per heavy atom. The molecular weight excluding hydrogens is 366 g/mol. The summed E-state index contributed by atoms with van der Waals surface area (Å²) >= 11 is 0. The third-order valence-corrected chi connectivity index (χ3v) is 5.27. The van der Waals surface area contributed by atoms with Gasteiger partial charge in [-0.25, -0.2) is 0 Å². The number of aromatic nitrogens is 1.